The van der Waals surface area contributed by atoms with Crippen molar-refractivity contribution in [3.63, 3.8) is 0 Å². The summed E-state index contributed by atoms with van der Waals surface area (Å²) in [5.41, 5.74) is 0. The van der Waals surface area contributed by atoms with Crippen molar-refractivity contribution in [3.05, 3.63) is 0 Å². The Hall–Kier alpha value is -5.56. The molecule has 0 aliphatic carbocycles. The maximum Gasteiger partial charge on any atom is 0.222 e. The third-order valence-corrected chi connectivity index (χ3v) is 12.8. The van der Waals surface area contributed by atoms with Crippen molar-refractivity contribution in [3.8, 4) is 0 Å². The molecule has 0 aromatic heterocycles. The predicted molar refractivity (Wildman–Crippen MR) is 277 cm³/mol. The quantitative estimate of drug-likeness (QED) is 0.0575. The molecule has 0 atom stereocenters. The van der Waals surface area contributed by atoms with E-state index in [1.807, 2.05) is 47.3 Å². The van der Waals surface area contributed by atoms with E-state index in [0.717, 1.165) is 129 Å². The number of Topliss-reactive ketones (excluding diaryl/α,β-unsaturated/α-hetero) is 4. The Bertz CT molecular complexity index is 1480. The van der Waals surface area contributed by atoms with Crippen LogP contribution in [0.1, 0.15) is 158 Å². The van der Waals surface area contributed by atoms with E-state index in [9.17, 15) is 38.4 Å². The molecule has 4 aliphatic heterocycles. The second kappa shape index (κ2) is 40.0. The van der Waals surface area contributed by atoms with Gasteiger partial charge < -0.3 is 38.9 Å². The van der Waals surface area contributed by atoms with Crippen LogP contribution in [0.3, 0.4) is 0 Å². The van der Waals surface area contributed by atoms with Crippen LogP contribution in [0.25, 0.3) is 0 Å². The zero-order chi connectivity index (χ0) is 53.5. The number of likely N-dealkylation sites (tertiary alicyclic amines) is 4. The average Bonchev–Trinajstić information content (AvgIpc) is 3.38. The van der Waals surface area contributed by atoms with Crippen molar-refractivity contribution in [2.24, 2.45) is 44.3 Å². The lowest BCUT2D eigenvalue weighted by atomic mass is 9.94. The van der Waals surface area contributed by atoms with Gasteiger partial charge in [-0.05, 0) is 101 Å². The molecule has 72 heavy (non-hydrogen) atoms. The van der Waals surface area contributed by atoms with Gasteiger partial charge in [0.25, 0.3) is 0 Å². The van der Waals surface area contributed by atoms with Crippen LogP contribution in [0, 0.1) is 23.7 Å². The average molecular weight is 1020 g/mol. The van der Waals surface area contributed by atoms with E-state index in [4.69, 9.17) is 19.4 Å². The van der Waals surface area contributed by atoms with Crippen LogP contribution in [0.4, 0.5) is 0 Å². The van der Waals surface area contributed by atoms with Crippen LogP contribution in [0.2, 0.25) is 0 Å². The lowest BCUT2D eigenvalue weighted by molar-refractivity contribution is -0.133. The van der Waals surface area contributed by atoms with Crippen molar-refractivity contribution in [1.82, 2.24) is 19.6 Å². The van der Waals surface area contributed by atoms with Crippen LogP contribution in [0.15, 0.2) is 20.6 Å². The summed E-state index contributed by atoms with van der Waals surface area (Å²) in [6, 6.07) is 0. The predicted octanol–water partition coefficient (Wildman–Crippen LogP) is 6.47. The first kappa shape index (κ1) is 64.5. The van der Waals surface area contributed by atoms with Crippen LogP contribution in [-0.4, -0.2) is 170 Å². The molecule has 4 rings (SSSR count). The summed E-state index contributed by atoms with van der Waals surface area (Å²) in [6.07, 6.45) is 19.1. The molecule has 4 aliphatic rings. The van der Waals surface area contributed by atoms with Gasteiger partial charge in [0.2, 0.25) is 23.6 Å². The molecule has 0 aromatic carbocycles. The Morgan fingerprint density at radius 2 is 0.514 bits per heavy atom. The maximum atomic E-state index is 11.5. The van der Waals surface area contributed by atoms with Gasteiger partial charge in [0, 0.05) is 106 Å². The molecule has 4 saturated heterocycles. The van der Waals surface area contributed by atoms with Crippen LogP contribution < -0.4 is 0 Å². The number of carbonyl (C=O) groups is 8. The molecule has 408 valence electrons. The summed E-state index contributed by atoms with van der Waals surface area (Å²) in [5, 5.41) is 14.3. The lowest BCUT2D eigenvalue weighted by Gasteiger charge is -2.31. The smallest absolute Gasteiger partial charge is 0.222 e. The molecule has 20 heteroatoms. The minimum Gasteiger partial charge on any atom is -0.396 e. The van der Waals surface area contributed by atoms with Crippen LogP contribution in [0.5, 0.6) is 0 Å². The van der Waals surface area contributed by atoms with Gasteiger partial charge in [-0.25, -0.2) is 0 Å². The Morgan fingerprint density at radius 3 is 0.653 bits per heavy atom. The molecule has 0 N–H and O–H groups in total. The number of nitrogens with zero attached hydrogens (tertiary/aromatic N) is 8. The number of amides is 4. The lowest BCUT2D eigenvalue weighted by Crippen LogP contribution is -2.38. The Balaban J connectivity index is 0.000000480. The van der Waals surface area contributed by atoms with Gasteiger partial charge >= 0.3 is 0 Å². The van der Waals surface area contributed by atoms with E-state index in [0.29, 0.717) is 75.8 Å². The third-order valence-electron chi connectivity index (χ3n) is 12.8. The van der Waals surface area contributed by atoms with Crippen LogP contribution >= 0.6 is 0 Å². The fourth-order valence-electron chi connectivity index (χ4n) is 8.31. The van der Waals surface area contributed by atoms with Gasteiger partial charge in [-0.1, -0.05) is 48.3 Å². The van der Waals surface area contributed by atoms with Gasteiger partial charge in [0.1, 0.15) is 51.3 Å². The van der Waals surface area contributed by atoms with Crippen molar-refractivity contribution >= 4 is 71.6 Å². The minimum atomic E-state index is -0.110. The Labute approximate surface area is 429 Å². The molecule has 0 radical (unpaired) electrons. The normalized spacial score (nSPS) is 17.1. The zero-order valence-corrected chi connectivity index (χ0v) is 44.9. The van der Waals surface area contributed by atoms with E-state index < -0.39 is 0 Å². The summed E-state index contributed by atoms with van der Waals surface area (Å²) in [5.74, 6) is 2.93. The van der Waals surface area contributed by atoms with Crippen molar-refractivity contribution in [2.45, 2.75) is 158 Å². The Morgan fingerprint density at radius 1 is 0.347 bits per heavy atom. The molecule has 0 unspecified atom stereocenters. The zero-order valence-electron chi connectivity index (χ0n) is 44.9. The molecule has 20 nitrogen and oxygen atoms in total. The topological polar surface area (TPSA) is 236 Å². The summed E-state index contributed by atoms with van der Waals surface area (Å²) >= 11 is 0. The van der Waals surface area contributed by atoms with E-state index >= 15 is 0 Å². The fraction of sp³-hybridized carbons (Fsp3) is 0.769. The first-order valence-electron chi connectivity index (χ1n) is 26.3. The van der Waals surface area contributed by atoms with E-state index in [1.54, 1.807) is 0 Å². The molecular weight excluding hydrogens is 929 g/mol. The first-order chi connectivity index (χ1) is 34.5. The molecule has 4 amide bonds. The fourth-order valence-corrected chi connectivity index (χ4v) is 8.31. The van der Waals surface area contributed by atoms with Gasteiger partial charge in [0.15, 0.2) is 23.1 Å². The summed E-state index contributed by atoms with van der Waals surface area (Å²) in [6.45, 7) is 22.3. The van der Waals surface area contributed by atoms with Gasteiger partial charge in [0.05, 0.1) is 0 Å². The number of hydrogen-bond acceptors (Lipinski definition) is 16. The monoisotopic (exact) mass is 1020 g/mol. The van der Waals surface area contributed by atoms with Crippen molar-refractivity contribution in [2.75, 3.05) is 78.8 Å². The highest BCUT2D eigenvalue weighted by atomic mass is 16.6. The second-order valence-electron chi connectivity index (χ2n) is 18.6. The van der Waals surface area contributed by atoms with Gasteiger partial charge in [-0.15, -0.1) is 0 Å². The van der Waals surface area contributed by atoms with Crippen LogP contribution in [-0.2, 0) is 57.7 Å². The molecule has 0 aromatic rings. The highest BCUT2D eigenvalue weighted by molar-refractivity contribution is 6.27. The Kier molecular flexibility index (Phi) is 35.8. The van der Waals surface area contributed by atoms with Gasteiger partial charge in [-0.2, -0.15) is 0 Å². The largest absolute Gasteiger partial charge is 0.396 e. The molecule has 4 heterocycles. The summed E-state index contributed by atoms with van der Waals surface area (Å²) in [4.78, 5) is 116. The van der Waals surface area contributed by atoms with E-state index in [1.165, 1.54) is 52.6 Å². The standard InChI is InChI=1S/4C13H22N2O3/c4*1-3-13(17)15-7-4-12(5-8-15)6-9-18-14-10-11(2)16/h4*10,12H,3-9H2,1-2H3/b4*14-10+. The third kappa shape index (κ3) is 31.7. The van der Waals surface area contributed by atoms with E-state index in [2.05, 4.69) is 20.6 Å². The van der Waals surface area contributed by atoms with Crippen molar-refractivity contribution < 1.29 is 57.7 Å². The second-order valence-corrected chi connectivity index (χ2v) is 18.6. The number of ketones is 4. The summed E-state index contributed by atoms with van der Waals surface area (Å²) in [7, 11) is 0. The number of oxime groups is 4. The highest BCUT2D eigenvalue weighted by Gasteiger charge is 2.25. The number of rotatable bonds is 24. The maximum absolute atomic E-state index is 11.5. The van der Waals surface area contributed by atoms with Crippen molar-refractivity contribution in [1.29, 1.82) is 0 Å². The number of carbonyl (C=O) groups excluding carboxylic acids is 8. The highest BCUT2D eigenvalue weighted by Crippen LogP contribution is 2.24. The first-order valence-corrected chi connectivity index (χ1v) is 26.3. The number of hydrogen-bond donors (Lipinski definition) is 0. The summed E-state index contributed by atoms with van der Waals surface area (Å²) < 4.78 is 0. The molecular formula is C52H88N8O12. The minimum absolute atomic E-state index is 0.110. The molecule has 0 spiro atoms. The number of piperidine rings is 4. The molecule has 4 fully saturated rings. The molecule has 0 bridgehead atoms. The molecule has 0 saturated carbocycles. The SMILES string of the molecule is CCC(=O)N1CCC(CCO/N=C/C(C)=O)CC1.CCC(=O)N1CCC(CCO/N=C/C(C)=O)CC1.CCC(=O)N1CCC(CCO/N=C/C(C)=O)CC1.CCC(=O)N1CCC(CCO/N=C/C(C)=O)CC1. The van der Waals surface area contributed by atoms with Gasteiger partial charge in [-0.3, -0.25) is 38.4 Å². The van der Waals surface area contributed by atoms with E-state index in [-0.39, 0.29) is 46.8 Å².